The number of rotatable bonds is 6. The highest BCUT2D eigenvalue weighted by Crippen LogP contribution is 2.18. The molecule has 0 aromatic carbocycles. The molecule has 0 spiro atoms. The summed E-state index contributed by atoms with van der Waals surface area (Å²) in [7, 11) is 2.01. The number of hydrogen-bond acceptors (Lipinski definition) is 3. The number of nitrogens with one attached hydrogen (secondary N) is 1. The Kier molecular flexibility index (Phi) is 5.73. The summed E-state index contributed by atoms with van der Waals surface area (Å²) in [5.74, 6) is 2.35. The van der Waals surface area contributed by atoms with Crippen LogP contribution in [0.1, 0.15) is 30.5 Å². The van der Waals surface area contributed by atoms with Crippen LogP contribution in [-0.4, -0.2) is 23.5 Å². The van der Waals surface area contributed by atoms with E-state index in [1.807, 2.05) is 31.2 Å². The second-order valence-electron chi connectivity index (χ2n) is 3.71. The van der Waals surface area contributed by atoms with Gasteiger partial charge in [0.2, 0.25) is 0 Å². The molecule has 15 heavy (non-hydrogen) atoms. The van der Waals surface area contributed by atoms with Gasteiger partial charge in [-0.05, 0) is 37.3 Å². The molecule has 0 aliphatic heterocycles. The maximum atomic E-state index is 4.23. The summed E-state index contributed by atoms with van der Waals surface area (Å²) in [5, 5.41) is 3.34. The maximum Gasteiger partial charge on any atom is 0.0424 e. The summed E-state index contributed by atoms with van der Waals surface area (Å²) in [6.07, 6.45) is 5.10. The van der Waals surface area contributed by atoms with Gasteiger partial charge < -0.3 is 5.32 Å². The van der Waals surface area contributed by atoms with Gasteiger partial charge in [0, 0.05) is 24.2 Å². The van der Waals surface area contributed by atoms with Gasteiger partial charge in [0.1, 0.15) is 0 Å². The van der Waals surface area contributed by atoms with Gasteiger partial charge in [-0.2, -0.15) is 11.8 Å². The summed E-state index contributed by atoms with van der Waals surface area (Å²) in [5.41, 5.74) is 2.52. The molecular formula is C12H20N2S. The lowest BCUT2D eigenvalue weighted by Gasteiger charge is -2.16. The van der Waals surface area contributed by atoms with Gasteiger partial charge >= 0.3 is 0 Å². The predicted molar refractivity (Wildman–Crippen MR) is 68.4 cm³/mol. The second-order valence-corrected chi connectivity index (χ2v) is 4.86. The summed E-state index contributed by atoms with van der Waals surface area (Å²) in [6, 6.07) is 2.63. The Morgan fingerprint density at radius 3 is 2.87 bits per heavy atom. The van der Waals surface area contributed by atoms with Crippen molar-refractivity contribution in [1.82, 2.24) is 10.3 Å². The molecule has 0 aliphatic rings. The van der Waals surface area contributed by atoms with E-state index in [9.17, 15) is 0 Å². The van der Waals surface area contributed by atoms with E-state index in [0.717, 1.165) is 5.75 Å². The average molecular weight is 224 g/mol. The molecule has 1 atom stereocenters. The van der Waals surface area contributed by atoms with Crippen LogP contribution in [0.15, 0.2) is 18.5 Å². The van der Waals surface area contributed by atoms with Gasteiger partial charge in [0.25, 0.3) is 0 Å². The first-order valence-corrected chi connectivity index (χ1v) is 6.60. The number of hydrogen-bond donors (Lipinski definition) is 1. The molecule has 0 radical (unpaired) electrons. The molecule has 1 N–H and O–H groups in total. The van der Waals surface area contributed by atoms with Gasteiger partial charge in [-0.25, -0.2) is 0 Å². The SMILES string of the molecule is CCCSCC(NC)c1cncc(C)c1. The Bertz CT molecular complexity index is 289. The summed E-state index contributed by atoms with van der Waals surface area (Å²) >= 11 is 2.00. The standard InChI is InChI=1S/C12H20N2S/c1-4-5-15-9-12(13-3)11-6-10(2)7-14-8-11/h6-8,12-13H,4-5,9H2,1-3H3. The van der Waals surface area contributed by atoms with E-state index >= 15 is 0 Å². The fourth-order valence-electron chi connectivity index (χ4n) is 1.46. The molecule has 0 saturated carbocycles. The van der Waals surface area contributed by atoms with E-state index in [1.165, 1.54) is 23.3 Å². The van der Waals surface area contributed by atoms with Crippen molar-refractivity contribution in [2.24, 2.45) is 0 Å². The largest absolute Gasteiger partial charge is 0.312 e. The Hall–Kier alpha value is -0.540. The Morgan fingerprint density at radius 2 is 2.27 bits per heavy atom. The van der Waals surface area contributed by atoms with Crippen molar-refractivity contribution in [3.63, 3.8) is 0 Å². The van der Waals surface area contributed by atoms with Gasteiger partial charge in [-0.15, -0.1) is 0 Å². The van der Waals surface area contributed by atoms with Crippen LogP contribution in [0.4, 0.5) is 0 Å². The number of aromatic nitrogens is 1. The van der Waals surface area contributed by atoms with Gasteiger partial charge in [0.15, 0.2) is 0 Å². The molecule has 0 saturated heterocycles. The summed E-state index contributed by atoms with van der Waals surface area (Å²) in [4.78, 5) is 4.23. The molecule has 84 valence electrons. The maximum absolute atomic E-state index is 4.23. The minimum Gasteiger partial charge on any atom is -0.312 e. The molecule has 3 heteroatoms. The first kappa shape index (κ1) is 12.5. The van der Waals surface area contributed by atoms with Crippen LogP contribution in [0.2, 0.25) is 0 Å². The van der Waals surface area contributed by atoms with Gasteiger partial charge in [-0.3, -0.25) is 4.98 Å². The third-order valence-electron chi connectivity index (χ3n) is 2.28. The molecule has 2 nitrogen and oxygen atoms in total. The Labute approximate surface area is 96.9 Å². The summed E-state index contributed by atoms with van der Waals surface area (Å²) in [6.45, 7) is 4.30. The van der Waals surface area contributed by atoms with E-state index in [4.69, 9.17) is 0 Å². The highest BCUT2D eigenvalue weighted by molar-refractivity contribution is 7.99. The minimum atomic E-state index is 0.425. The fourth-order valence-corrected chi connectivity index (χ4v) is 2.51. The number of nitrogens with zero attached hydrogens (tertiary/aromatic N) is 1. The molecule has 1 unspecified atom stereocenters. The van der Waals surface area contributed by atoms with Crippen LogP contribution in [0.3, 0.4) is 0 Å². The van der Waals surface area contributed by atoms with Crippen molar-refractivity contribution in [2.75, 3.05) is 18.6 Å². The highest BCUT2D eigenvalue weighted by Gasteiger charge is 2.08. The molecule has 0 bridgehead atoms. The third kappa shape index (κ3) is 4.22. The van der Waals surface area contributed by atoms with Crippen molar-refractivity contribution in [3.05, 3.63) is 29.6 Å². The van der Waals surface area contributed by atoms with E-state index in [0.29, 0.717) is 6.04 Å². The summed E-state index contributed by atoms with van der Waals surface area (Å²) < 4.78 is 0. The zero-order valence-electron chi connectivity index (χ0n) is 9.79. The van der Waals surface area contributed by atoms with E-state index in [-0.39, 0.29) is 0 Å². The van der Waals surface area contributed by atoms with Crippen LogP contribution in [-0.2, 0) is 0 Å². The van der Waals surface area contributed by atoms with Gasteiger partial charge in [0.05, 0.1) is 0 Å². The van der Waals surface area contributed by atoms with Crippen molar-refractivity contribution >= 4 is 11.8 Å². The Morgan fingerprint density at radius 1 is 1.47 bits per heavy atom. The number of thioether (sulfide) groups is 1. The first-order chi connectivity index (χ1) is 7.27. The predicted octanol–water partition coefficient (Wildman–Crippen LogP) is 2.79. The van der Waals surface area contributed by atoms with Crippen molar-refractivity contribution < 1.29 is 0 Å². The van der Waals surface area contributed by atoms with Crippen LogP contribution < -0.4 is 5.32 Å². The van der Waals surface area contributed by atoms with Crippen LogP contribution in [0.25, 0.3) is 0 Å². The lowest BCUT2D eigenvalue weighted by atomic mass is 10.1. The average Bonchev–Trinajstić information content (AvgIpc) is 2.24. The zero-order valence-corrected chi connectivity index (χ0v) is 10.6. The monoisotopic (exact) mass is 224 g/mol. The minimum absolute atomic E-state index is 0.425. The molecule has 1 aromatic heterocycles. The second kappa shape index (κ2) is 6.85. The smallest absolute Gasteiger partial charge is 0.0424 e. The topological polar surface area (TPSA) is 24.9 Å². The van der Waals surface area contributed by atoms with Crippen molar-refractivity contribution in [2.45, 2.75) is 26.3 Å². The van der Waals surface area contributed by atoms with Crippen molar-refractivity contribution in [3.8, 4) is 0 Å². The highest BCUT2D eigenvalue weighted by atomic mass is 32.2. The lowest BCUT2D eigenvalue weighted by molar-refractivity contribution is 0.658. The van der Waals surface area contributed by atoms with Crippen LogP contribution in [0, 0.1) is 6.92 Å². The van der Waals surface area contributed by atoms with Crippen molar-refractivity contribution in [1.29, 1.82) is 0 Å². The molecular weight excluding hydrogens is 204 g/mol. The number of pyridine rings is 1. The van der Waals surface area contributed by atoms with E-state index < -0.39 is 0 Å². The van der Waals surface area contributed by atoms with E-state index in [1.54, 1.807) is 0 Å². The molecule has 0 amide bonds. The van der Waals surface area contributed by atoms with Crippen LogP contribution >= 0.6 is 11.8 Å². The fraction of sp³-hybridized carbons (Fsp3) is 0.583. The van der Waals surface area contributed by atoms with Gasteiger partial charge in [-0.1, -0.05) is 13.0 Å². The normalized spacial score (nSPS) is 12.7. The zero-order chi connectivity index (χ0) is 11.1. The number of aryl methyl sites for hydroxylation is 1. The molecule has 1 aromatic rings. The molecule has 1 rings (SSSR count). The van der Waals surface area contributed by atoms with E-state index in [2.05, 4.69) is 30.2 Å². The first-order valence-electron chi connectivity index (χ1n) is 5.44. The molecule has 0 fully saturated rings. The third-order valence-corrected chi connectivity index (χ3v) is 3.55. The Balaban J connectivity index is 2.57. The molecule has 1 heterocycles. The molecule has 0 aliphatic carbocycles. The lowest BCUT2D eigenvalue weighted by Crippen LogP contribution is -2.19. The quantitative estimate of drug-likeness (QED) is 0.752. The van der Waals surface area contributed by atoms with Crippen LogP contribution in [0.5, 0.6) is 0 Å².